The Morgan fingerprint density at radius 3 is 2.92 bits per heavy atom. The molecular weight excluding hydrogens is 304 g/mol. The van der Waals surface area contributed by atoms with Gasteiger partial charge in [0.05, 0.1) is 11.1 Å². The van der Waals surface area contributed by atoms with Gasteiger partial charge in [-0.25, -0.2) is 0 Å². The molecule has 1 aromatic heterocycles. The smallest absolute Gasteiger partial charge is 0.254 e. The summed E-state index contributed by atoms with van der Waals surface area (Å²) in [5.74, 6) is 0.0228. The third kappa shape index (κ3) is 2.67. The van der Waals surface area contributed by atoms with E-state index in [0.29, 0.717) is 23.6 Å². The second-order valence-corrected chi connectivity index (χ2v) is 7.57. The van der Waals surface area contributed by atoms with Crippen molar-refractivity contribution in [1.29, 1.82) is 0 Å². The number of aromatic amines is 1. The Hall–Kier alpha value is -1.66. The van der Waals surface area contributed by atoms with Gasteiger partial charge in [-0.3, -0.25) is 14.5 Å². The number of hydrogen-bond donors (Lipinski definition) is 2. The maximum Gasteiger partial charge on any atom is 0.254 e. The lowest BCUT2D eigenvalue weighted by Gasteiger charge is -2.34. The Bertz CT molecular complexity index is 681. The van der Waals surface area contributed by atoms with Crippen molar-refractivity contribution in [2.24, 2.45) is 0 Å². The van der Waals surface area contributed by atoms with Crippen molar-refractivity contribution in [3.63, 3.8) is 0 Å². The molecule has 6 heteroatoms. The number of nitrogens with zero attached hydrogens (tertiary/aromatic N) is 2. The molecule has 0 aromatic carbocycles. The monoisotopic (exact) mass is 330 g/mol. The molecule has 2 saturated heterocycles. The molecule has 4 rings (SSSR count). The van der Waals surface area contributed by atoms with Crippen LogP contribution in [0, 0.1) is 6.92 Å². The van der Waals surface area contributed by atoms with Gasteiger partial charge < -0.3 is 15.2 Å². The number of likely N-dealkylation sites (N-methyl/N-ethyl adjacent to an activating group) is 1. The summed E-state index contributed by atoms with van der Waals surface area (Å²) in [6, 6.07) is 0.717. The van der Waals surface area contributed by atoms with Gasteiger partial charge in [0.25, 0.3) is 5.91 Å². The van der Waals surface area contributed by atoms with Gasteiger partial charge in [-0.15, -0.1) is 0 Å². The number of H-pyrrole nitrogens is 1. The van der Waals surface area contributed by atoms with E-state index in [-0.39, 0.29) is 17.7 Å². The van der Waals surface area contributed by atoms with Crippen molar-refractivity contribution < 1.29 is 9.59 Å². The molecule has 0 bridgehead atoms. The first-order chi connectivity index (χ1) is 11.5. The fourth-order valence-electron chi connectivity index (χ4n) is 4.58. The first-order valence-corrected chi connectivity index (χ1v) is 9.01. The molecule has 1 aliphatic carbocycles. The number of Topliss-reactive ketones (excluding diaryl/α,β-unsaturated/α-hetero) is 1. The number of carbonyl (C=O) groups excluding carboxylic acids is 2. The summed E-state index contributed by atoms with van der Waals surface area (Å²) in [5.41, 5.74) is 2.99. The summed E-state index contributed by atoms with van der Waals surface area (Å²) in [6.45, 7) is 6.06. The maximum atomic E-state index is 12.9. The van der Waals surface area contributed by atoms with Crippen molar-refractivity contribution in [3.8, 4) is 0 Å². The molecule has 130 valence electrons. The summed E-state index contributed by atoms with van der Waals surface area (Å²) in [4.78, 5) is 33.2. The zero-order valence-electron chi connectivity index (χ0n) is 14.5. The zero-order valence-corrected chi connectivity index (χ0v) is 14.5. The standard InChI is InChI=1S/C18H26N4O2/c1-11-16(17-14(19-11)4-3-5-15(17)23)18(24)20-12-8-13-10-21(2)6-7-22(13)9-12/h12-13,19H,3-10H2,1-2H3,(H,20,24)/t12-,13-/m0/s1. The van der Waals surface area contributed by atoms with Crippen LogP contribution in [0.2, 0.25) is 0 Å². The molecule has 0 saturated carbocycles. The number of hydrogen-bond acceptors (Lipinski definition) is 4. The van der Waals surface area contributed by atoms with E-state index in [1.165, 1.54) is 0 Å². The topological polar surface area (TPSA) is 68.4 Å². The van der Waals surface area contributed by atoms with Gasteiger partial charge in [0, 0.05) is 56.1 Å². The molecule has 2 N–H and O–H groups in total. The van der Waals surface area contributed by atoms with Crippen molar-refractivity contribution in [3.05, 3.63) is 22.5 Å². The molecule has 1 amide bonds. The van der Waals surface area contributed by atoms with Crippen LogP contribution < -0.4 is 5.32 Å². The molecule has 2 atom stereocenters. The molecule has 0 unspecified atom stereocenters. The predicted octanol–water partition coefficient (Wildman–Crippen LogP) is 0.960. The lowest BCUT2D eigenvalue weighted by Crippen LogP contribution is -2.48. The first-order valence-electron chi connectivity index (χ1n) is 9.01. The van der Waals surface area contributed by atoms with Gasteiger partial charge >= 0.3 is 0 Å². The van der Waals surface area contributed by atoms with E-state index in [2.05, 4.69) is 27.1 Å². The maximum absolute atomic E-state index is 12.9. The minimum Gasteiger partial charge on any atom is -0.361 e. The minimum absolute atomic E-state index is 0.0848. The second kappa shape index (κ2) is 6.01. The van der Waals surface area contributed by atoms with E-state index in [1.807, 2.05) is 6.92 Å². The van der Waals surface area contributed by atoms with Crippen LogP contribution in [0.4, 0.5) is 0 Å². The Morgan fingerprint density at radius 2 is 2.08 bits per heavy atom. The number of aryl methyl sites for hydroxylation is 2. The molecule has 0 radical (unpaired) electrons. The van der Waals surface area contributed by atoms with E-state index < -0.39 is 0 Å². The number of aromatic nitrogens is 1. The van der Waals surface area contributed by atoms with E-state index in [0.717, 1.165) is 56.8 Å². The third-order valence-corrected chi connectivity index (χ3v) is 5.76. The Kier molecular flexibility index (Phi) is 3.96. The highest BCUT2D eigenvalue weighted by Crippen LogP contribution is 2.28. The van der Waals surface area contributed by atoms with Crippen LogP contribution in [-0.4, -0.2) is 71.8 Å². The number of amides is 1. The largest absolute Gasteiger partial charge is 0.361 e. The molecule has 0 spiro atoms. The Morgan fingerprint density at radius 1 is 1.25 bits per heavy atom. The van der Waals surface area contributed by atoms with Gasteiger partial charge in [0.15, 0.2) is 5.78 Å². The molecule has 6 nitrogen and oxygen atoms in total. The molecule has 2 aliphatic heterocycles. The summed E-state index contributed by atoms with van der Waals surface area (Å²) in [7, 11) is 2.16. The number of nitrogens with one attached hydrogen (secondary N) is 2. The van der Waals surface area contributed by atoms with Gasteiger partial charge in [-0.2, -0.15) is 0 Å². The number of carbonyl (C=O) groups is 2. The van der Waals surface area contributed by atoms with Crippen LogP contribution in [-0.2, 0) is 6.42 Å². The van der Waals surface area contributed by atoms with Crippen molar-refractivity contribution in [2.45, 2.75) is 44.7 Å². The fourth-order valence-corrected chi connectivity index (χ4v) is 4.58. The third-order valence-electron chi connectivity index (χ3n) is 5.76. The number of piperazine rings is 1. The number of rotatable bonds is 2. The van der Waals surface area contributed by atoms with Crippen molar-refractivity contribution in [1.82, 2.24) is 20.1 Å². The highest BCUT2D eigenvalue weighted by molar-refractivity contribution is 6.10. The fraction of sp³-hybridized carbons (Fsp3) is 0.667. The lowest BCUT2D eigenvalue weighted by molar-refractivity contribution is 0.0915. The molecule has 1 aromatic rings. The quantitative estimate of drug-likeness (QED) is 0.847. The molecule has 3 aliphatic rings. The summed E-state index contributed by atoms with van der Waals surface area (Å²) in [6.07, 6.45) is 3.28. The van der Waals surface area contributed by atoms with Gasteiger partial charge in [0.1, 0.15) is 0 Å². The van der Waals surface area contributed by atoms with Crippen LogP contribution >= 0.6 is 0 Å². The van der Waals surface area contributed by atoms with Crippen LogP contribution in [0.5, 0.6) is 0 Å². The van der Waals surface area contributed by atoms with E-state index in [1.54, 1.807) is 0 Å². The highest BCUT2D eigenvalue weighted by atomic mass is 16.2. The normalized spacial score (nSPS) is 27.8. The van der Waals surface area contributed by atoms with E-state index in [4.69, 9.17) is 0 Å². The average Bonchev–Trinajstić information content (AvgIpc) is 3.07. The molecule has 2 fully saturated rings. The van der Waals surface area contributed by atoms with Crippen LogP contribution in [0.1, 0.15) is 51.4 Å². The van der Waals surface area contributed by atoms with Gasteiger partial charge in [0.2, 0.25) is 0 Å². The average molecular weight is 330 g/mol. The Labute approximate surface area is 142 Å². The van der Waals surface area contributed by atoms with Crippen LogP contribution in [0.25, 0.3) is 0 Å². The zero-order chi connectivity index (χ0) is 16.8. The highest BCUT2D eigenvalue weighted by Gasteiger charge is 2.37. The second-order valence-electron chi connectivity index (χ2n) is 7.57. The van der Waals surface area contributed by atoms with Crippen molar-refractivity contribution in [2.75, 3.05) is 33.2 Å². The SMILES string of the molecule is Cc1[nH]c2c(c1C(=O)N[C@H]1C[C@H]3CN(C)CCN3C1)C(=O)CCC2. The molecular formula is C18H26N4O2. The van der Waals surface area contributed by atoms with Crippen LogP contribution in [0.3, 0.4) is 0 Å². The first kappa shape index (κ1) is 15.8. The van der Waals surface area contributed by atoms with Gasteiger partial charge in [-0.1, -0.05) is 0 Å². The van der Waals surface area contributed by atoms with Crippen LogP contribution in [0.15, 0.2) is 0 Å². The summed E-state index contributed by atoms with van der Waals surface area (Å²) >= 11 is 0. The van der Waals surface area contributed by atoms with E-state index >= 15 is 0 Å². The van der Waals surface area contributed by atoms with E-state index in [9.17, 15) is 9.59 Å². The van der Waals surface area contributed by atoms with Crippen molar-refractivity contribution >= 4 is 11.7 Å². The number of fused-ring (bicyclic) bond motifs is 2. The Balaban J connectivity index is 1.50. The van der Waals surface area contributed by atoms with Gasteiger partial charge in [-0.05, 0) is 33.2 Å². The summed E-state index contributed by atoms with van der Waals surface area (Å²) in [5, 5.41) is 3.19. The lowest BCUT2D eigenvalue weighted by atomic mass is 9.93. The number of ketones is 1. The predicted molar refractivity (Wildman–Crippen MR) is 91.5 cm³/mol. The minimum atomic E-state index is -0.0848. The molecule has 24 heavy (non-hydrogen) atoms. The molecule has 3 heterocycles. The summed E-state index contributed by atoms with van der Waals surface area (Å²) < 4.78 is 0.